The SMILES string of the molecule is C=C(C)C(=O)OCCO[P-]OCC[N+](C)(C)C. The lowest BCUT2D eigenvalue weighted by Crippen LogP contribution is -2.37. The molecule has 0 aromatic heterocycles. The Labute approximate surface area is 105 Å². The van der Waals surface area contributed by atoms with E-state index in [0.29, 0.717) is 27.8 Å². The van der Waals surface area contributed by atoms with Gasteiger partial charge in [0.05, 0.1) is 34.3 Å². The molecular formula is C11H22NO4P. The van der Waals surface area contributed by atoms with Crippen LogP contribution in [0.2, 0.25) is 0 Å². The van der Waals surface area contributed by atoms with Crippen LogP contribution in [0, 0.1) is 0 Å². The van der Waals surface area contributed by atoms with E-state index in [0.717, 1.165) is 11.0 Å². The molecule has 0 unspecified atom stereocenters. The summed E-state index contributed by atoms with van der Waals surface area (Å²) in [5, 5.41) is 0. The number of nitrogens with zero attached hydrogens (tertiary/aromatic N) is 1. The van der Waals surface area contributed by atoms with E-state index < -0.39 is 5.97 Å². The molecule has 5 nitrogen and oxygen atoms in total. The maximum absolute atomic E-state index is 11.0. The number of ether oxygens (including phenoxy) is 1. The zero-order chi connectivity index (χ0) is 13.3. The normalized spacial score (nSPS) is 12.0. The highest BCUT2D eigenvalue weighted by Crippen LogP contribution is 2.13. The highest BCUT2D eigenvalue weighted by molar-refractivity contribution is 7.26. The standard InChI is InChI=1S/C11H22NO4P/c1-10(2)11(13)14-8-9-16-17-15-7-6-12(3,4)5/h1,6-9H2,2-5H3. The topological polar surface area (TPSA) is 44.8 Å². The molecule has 100 valence electrons. The molecule has 0 aromatic carbocycles. The molecule has 0 saturated carbocycles. The van der Waals surface area contributed by atoms with Gasteiger partial charge in [0.25, 0.3) is 0 Å². The Morgan fingerprint density at radius 3 is 2.29 bits per heavy atom. The van der Waals surface area contributed by atoms with E-state index in [-0.39, 0.29) is 6.61 Å². The third kappa shape index (κ3) is 11.8. The lowest BCUT2D eigenvalue weighted by molar-refractivity contribution is -0.870. The molecule has 0 atom stereocenters. The van der Waals surface area contributed by atoms with Crippen LogP contribution in [0.4, 0.5) is 0 Å². The van der Waals surface area contributed by atoms with Crippen molar-refractivity contribution in [3.05, 3.63) is 12.2 Å². The fraction of sp³-hybridized carbons (Fsp3) is 0.727. The highest BCUT2D eigenvalue weighted by atomic mass is 31.1. The van der Waals surface area contributed by atoms with E-state index in [1.807, 2.05) is 0 Å². The van der Waals surface area contributed by atoms with Crippen LogP contribution < -0.4 is 0 Å². The van der Waals surface area contributed by atoms with Gasteiger partial charge in [0.1, 0.15) is 6.61 Å². The summed E-state index contributed by atoms with van der Waals surface area (Å²) in [5.41, 5.74) is 0.391. The first kappa shape index (κ1) is 16.5. The van der Waals surface area contributed by atoms with Crippen LogP contribution in [0.15, 0.2) is 12.2 Å². The Hall–Kier alpha value is -0.480. The predicted molar refractivity (Wildman–Crippen MR) is 67.5 cm³/mol. The summed E-state index contributed by atoms with van der Waals surface area (Å²) in [7, 11) is 6.75. The van der Waals surface area contributed by atoms with Gasteiger partial charge in [-0.25, -0.2) is 13.8 Å². The molecule has 0 rings (SSSR count). The van der Waals surface area contributed by atoms with Crippen molar-refractivity contribution in [3.63, 3.8) is 0 Å². The lowest BCUT2D eigenvalue weighted by atomic mass is 10.4. The van der Waals surface area contributed by atoms with Crippen molar-refractivity contribution >= 4 is 15.0 Å². The van der Waals surface area contributed by atoms with Crippen LogP contribution in [-0.2, 0) is 18.6 Å². The molecule has 0 heterocycles. The van der Waals surface area contributed by atoms with Crippen LogP contribution in [0.3, 0.4) is 0 Å². The molecule has 17 heavy (non-hydrogen) atoms. The molecule has 0 saturated heterocycles. The highest BCUT2D eigenvalue weighted by Gasteiger charge is 2.03. The number of quaternary nitrogens is 1. The largest absolute Gasteiger partial charge is 0.526 e. The number of likely N-dealkylation sites (N-methyl/N-ethyl adjacent to an activating group) is 1. The van der Waals surface area contributed by atoms with Crippen molar-refractivity contribution in [3.8, 4) is 0 Å². The average molecular weight is 263 g/mol. The van der Waals surface area contributed by atoms with Gasteiger partial charge in [-0.3, -0.25) is 0 Å². The molecule has 0 spiro atoms. The lowest BCUT2D eigenvalue weighted by Gasteiger charge is -2.27. The molecule has 0 amide bonds. The fourth-order valence-electron chi connectivity index (χ4n) is 0.721. The van der Waals surface area contributed by atoms with Gasteiger partial charge < -0.3 is 18.3 Å². The van der Waals surface area contributed by atoms with Gasteiger partial charge in [-0.2, -0.15) is 0 Å². The molecule has 6 heteroatoms. The summed E-state index contributed by atoms with van der Waals surface area (Å²) in [6.45, 7) is 7.18. The first-order valence-corrected chi connectivity index (χ1v) is 6.13. The van der Waals surface area contributed by atoms with Crippen LogP contribution in [0.1, 0.15) is 6.92 Å². The fourth-order valence-corrected chi connectivity index (χ4v) is 1.10. The second kappa shape index (κ2) is 8.59. The Morgan fingerprint density at radius 2 is 1.76 bits per heavy atom. The third-order valence-corrected chi connectivity index (χ3v) is 2.29. The van der Waals surface area contributed by atoms with Crippen molar-refractivity contribution in [2.75, 3.05) is 47.5 Å². The molecule has 0 aromatic rings. The zero-order valence-corrected chi connectivity index (χ0v) is 12.0. The van der Waals surface area contributed by atoms with E-state index in [2.05, 4.69) is 27.7 Å². The first-order chi connectivity index (χ1) is 7.83. The van der Waals surface area contributed by atoms with Gasteiger partial charge in [0.15, 0.2) is 0 Å². The summed E-state index contributed by atoms with van der Waals surface area (Å²) in [5.74, 6) is -0.392. The number of hydrogen-bond acceptors (Lipinski definition) is 4. The number of rotatable bonds is 9. The van der Waals surface area contributed by atoms with Crippen LogP contribution >= 0.6 is 9.03 Å². The summed E-state index contributed by atoms with van der Waals surface area (Å²) < 4.78 is 16.0. The van der Waals surface area contributed by atoms with Crippen LogP contribution in [0.25, 0.3) is 0 Å². The number of carbonyl (C=O) groups excluding carboxylic acids is 1. The molecular weight excluding hydrogens is 241 g/mol. The molecule has 0 aliphatic carbocycles. The number of esters is 1. The minimum atomic E-state index is -0.392. The number of carbonyl (C=O) groups is 1. The summed E-state index contributed by atoms with van der Waals surface area (Å²) in [6, 6.07) is 0. The maximum Gasteiger partial charge on any atom is 0.333 e. The second-order valence-corrected chi connectivity index (χ2v) is 5.34. The predicted octanol–water partition coefficient (Wildman–Crippen LogP) is 1.62. The van der Waals surface area contributed by atoms with E-state index in [1.165, 1.54) is 0 Å². The zero-order valence-electron chi connectivity index (χ0n) is 11.1. The van der Waals surface area contributed by atoms with Gasteiger partial charge in [-0.1, -0.05) is 6.58 Å². The van der Waals surface area contributed by atoms with Crippen LogP contribution in [0.5, 0.6) is 0 Å². The Kier molecular flexibility index (Phi) is 8.35. The molecule has 0 aliphatic heterocycles. The van der Waals surface area contributed by atoms with Gasteiger partial charge in [-0.05, 0) is 6.92 Å². The van der Waals surface area contributed by atoms with E-state index >= 15 is 0 Å². The minimum absolute atomic E-state index is 0.220. The van der Waals surface area contributed by atoms with Crippen LogP contribution in [-0.4, -0.2) is 58.0 Å². The van der Waals surface area contributed by atoms with Gasteiger partial charge in [0, 0.05) is 12.2 Å². The molecule has 0 N–H and O–H groups in total. The summed E-state index contributed by atoms with van der Waals surface area (Å²) in [6.07, 6.45) is 0. The average Bonchev–Trinajstić information content (AvgIpc) is 2.19. The minimum Gasteiger partial charge on any atom is -0.526 e. The smallest absolute Gasteiger partial charge is 0.333 e. The third-order valence-electron chi connectivity index (χ3n) is 1.72. The van der Waals surface area contributed by atoms with Gasteiger partial charge >= 0.3 is 5.97 Å². The van der Waals surface area contributed by atoms with E-state index in [1.54, 1.807) is 6.92 Å². The van der Waals surface area contributed by atoms with Crippen molar-refractivity contribution < 1.29 is 23.1 Å². The molecule has 0 radical (unpaired) electrons. The molecule has 0 aliphatic rings. The van der Waals surface area contributed by atoms with Gasteiger partial charge in [0.2, 0.25) is 0 Å². The van der Waals surface area contributed by atoms with Crippen molar-refractivity contribution in [2.24, 2.45) is 0 Å². The van der Waals surface area contributed by atoms with E-state index in [9.17, 15) is 4.79 Å². The van der Waals surface area contributed by atoms with Crippen molar-refractivity contribution in [1.82, 2.24) is 0 Å². The first-order valence-electron chi connectivity index (χ1n) is 5.40. The van der Waals surface area contributed by atoms with E-state index in [4.69, 9.17) is 13.8 Å². The number of hydrogen-bond donors (Lipinski definition) is 0. The quantitative estimate of drug-likeness (QED) is 0.208. The Morgan fingerprint density at radius 1 is 1.18 bits per heavy atom. The second-order valence-electron chi connectivity index (χ2n) is 4.67. The Balaban J connectivity index is 3.25. The molecule has 0 bridgehead atoms. The molecule has 0 fully saturated rings. The maximum atomic E-state index is 11.0. The van der Waals surface area contributed by atoms with Crippen molar-refractivity contribution in [1.29, 1.82) is 0 Å². The van der Waals surface area contributed by atoms with Gasteiger partial charge in [-0.15, -0.1) is 0 Å². The monoisotopic (exact) mass is 263 g/mol. The summed E-state index contributed by atoms with van der Waals surface area (Å²) in [4.78, 5) is 11.0. The Bertz CT molecular complexity index is 250. The summed E-state index contributed by atoms with van der Waals surface area (Å²) >= 11 is 0. The van der Waals surface area contributed by atoms with Crippen molar-refractivity contribution in [2.45, 2.75) is 6.92 Å².